The van der Waals surface area contributed by atoms with Crippen molar-refractivity contribution in [3.63, 3.8) is 0 Å². The summed E-state index contributed by atoms with van der Waals surface area (Å²) in [4.78, 5) is 0. The van der Waals surface area contributed by atoms with Gasteiger partial charge in [0.1, 0.15) is 5.82 Å². The quantitative estimate of drug-likeness (QED) is 0.613. The van der Waals surface area contributed by atoms with E-state index in [-0.39, 0.29) is 5.82 Å². The minimum Gasteiger partial charge on any atom is -0.399 e. The fraction of sp³-hybridized carbons (Fsp3) is 0.455. The Kier molecular flexibility index (Phi) is 5.12. The van der Waals surface area contributed by atoms with Crippen LogP contribution in [0.25, 0.3) is 0 Å². The molecule has 2 heteroatoms. The molecule has 0 aliphatic rings. The fourth-order valence-electron chi connectivity index (χ4n) is 0.765. The first-order valence-electron chi connectivity index (χ1n) is 4.44. The van der Waals surface area contributed by atoms with E-state index in [1.54, 1.807) is 13.0 Å². The summed E-state index contributed by atoms with van der Waals surface area (Å²) in [5, 5.41) is 0. The van der Waals surface area contributed by atoms with E-state index in [1.807, 2.05) is 0 Å². The van der Waals surface area contributed by atoms with Crippen molar-refractivity contribution in [2.75, 3.05) is 5.73 Å². The van der Waals surface area contributed by atoms with Crippen LogP contribution >= 0.6 is 0 Å². The second-order valence-electron chi connectivity index (χ2n) is 3.79. The van der Waals surface area contributed by atoms with Crippen molar-refractivity contribution in [2.24, 2.45) is 5.92 Å². The van der Waals surface area contributed by atoms with Gasteiger partial charge in [-0.25, -0.2) is 4.39 Å². The van der Waals surface area contributed by atoms with Crippen LogP contribution in [0.15, 0.2) is 18.2 Å². The molecule has 2 N–H and O–H groups in total. The van der Waals surface area contributed by atoms with Gasteiger partial charge in [-0.2, -0.15) is 0 Å². The first-order chi connectivity index (χ1) is 5.91. The Morgan fingerprint density at radius 2 is 1.62 bits per heavy atom. The van der Waals surface area contributed by atoms with E-state index in [1.165, 1.54) is 12.1 Å². The third kappa shape index (κ3) is 7.32. The predicted molar refractivity (Wildman–Crippen MR) is 56.1 cm³/mol. The monoisotopic (exact) mass is 183 g/mol. The van der Waals surface area contributed by atoms with Crippen molar-refractivity contribution in [1.29, 1.82) is 0 Å². The maximum atomic E-state index is 12.3. The van der Waals surface area contributed by atoms with E-state index in [0.29, 0.717) is 5.69 Å². The van der Waals surface area contributed by atoms with Crippen LogP contribution < -0.4 is 5.73 Å². The molecule has 0 aliphatic carbocycles. The van der Waals surface area contributed by atoms with Crippen molar-refractivity contribution in [3.8, 4) is 0 Å². The van der Waals surface area contributed by atoms with E-state index < -0.39 is 0 Å². The molecule has 0 saturated heterocycles. The lowest BCUT2D eigenvalue weighted by atomic mass is 10.2. The third-order valence-corrected chi connectivity index (χ3v) is 1.06. The van der Waals surface area contributed by atoms with Crippen molar-refractivity contribution < 1.29 is 4.39 Å². The number of anilines is 1. The van der Waals surface area contributed by atoms with Gasteiger partial charge in [-0.15, -0.1) is 0 Å². The zero-order chi connectivity index (χ0) is 10.4. The Morgan fingerprint density at radius 3 is 1.92 bits per heavy atom. The number of rotatable bonds is 0. The molecule has 0 bridgehead atoms. The highest BCUT2D eigenvalue weighted by Gasteiger charge is 1.91. The molecule has 0 saturated carbocycles. The average Bonchev–Trinajstić information content (AvgIpc) is 1.80. The highest BCUT2D eigenvalue weighted by Crippen LogP contribution is 2.08. The Bertz CT molecular complexity index is 203. The molecule has 0 radical (unpaired) electrons. The second kappa shape index (κ2) is 5.57. The van der Waals surface area contributed by atoms with Crippen LogP contribution in [0.1, 0.15) is 26.3 Å². The third-order valence-electron chi connectivity index (χ3n) is 1.06. The minimum absolute atomic E-state index is 0.271. The topological polar surface area (TPSA) is 26.0 Å². The van der Waals surface area contributed by atoms with Gasteiger partial charge in [-0.1, -0.05) is 20.8 Å². The van der Waals surface area contributed by atoms with Crippen LogP contribution in [-0.2, 0) is 0 Å². The van der Waals surface area contributed by atoms with Gasteiger partial charge in [0, 0.05) is 5.69 Å². The summed E-state index contributed by atoms with van der Waals surface area (Å²) in [7, 11) is 0. The van der Waals surface area contributed by atoms with Gasteiger partial charge in [0.25, 0.3) is 0 Å². The van der Waals surface area contributed by atoms with Crippen LogP contribution in [0.4, 0.5) is 10.1 Å². The summed E-state index contributed by atoms with van der Waals surface area (Å²) in [5.74, 6) is 0.563. The zero-order valence-electron chi connectivity index (χ0n) is 8.76. The van der Waals surface area contributed by atoms with Crippen molar-refractivity contribution >= 4 is 5.69 Å². The summed E-state index contributed by atoms with van der Waals surface area (Å²) in [6, 6.07) is 4.46. The van der Waals surface area contributed by atoms with Gasteiger partial charge >= 0.3 is 0 Å². The number of hydrogen-bond acceptors (Lipinski definition) is 1. The molecule has 0 amide bonds. The van der Waals surface area contributed by atoms with Crippen LogP contribution in [0.5, 0.6) is 0 Å². The predicted octanol–water partition coefficient (Wildman–Crippen LogP) is 3.38. The van der Waals surface area contributed by atoms with Gasteiger partial charge in [0.05, 0.1) is 0 Å². The SMILES string of the molecule is CC(C)C.Cc1cc(N)cc(F)c1. The summed E-state index contributed by atoms with van der Waals surface area (Å²) in [6.45, 7) is 8.30. The lowest BCUT2D eigenvalue weighted by Crippen LogP contribution is -1.86. The highest BCUT2D eigenvalue weighted by atomic mass is 19.1. The van der Waals surface area contributed by atoms with E-state index in [2.05, 4.69) is 20.8 Å². The van der Waals surface area contributed by atoms with E-state index >= 15 is 0 Å². The maximum absolute atomic E-state index is 12.3. The number of nitrogen functional groups attached to an aromatic ring is 1. The van der Waals surface area contributed by atoms with Gasteiger partial charge in [0.15, 0.2) is 0 Å². The molecule has 0 heterocycles. The molecule has 74 valence electrons. The molecule has 0 atom stereocenters. The van der Waals surface area contributed by atoms with Crippen LogP contribution in [-0.4, -0.2) is 0 Å². The van der Waals surface area contributed by atoms with E-state index in [9.17, 15) is 4.39 Å². The normalized spacial score (nSPS) is 9.38. The molecule has 1 nitrogen and oxygen atoms in total. The van der Waals surface area contributed by atoms with Crippen molar-refractivity contribution in [2.45, 2.75) is 27.7 Å². The Labute approximate surface area is 79.8 Å². The van der Waals surface area contributed by atoms with E-state index in [4.69, 9.17) is 5.73 Å². The van der Waals surface area contributed by atoms with Gasteiger partial charge < -0.3 is 5.73 Å². The van der Waals surface area contributed by atoms with Gasteiger partial charge in [-0.05, 0) is 36.6 Å². The molecule has 0 unspecified atom stereocenters. The van der Waals surface area contributed by atoms with Crippen molar-refractivity contribution in [3.05, 3.63) is 29.6 Å². The molecule has 0 aliphatic heterocycles. The molecule has 0 spiro atoms. The fourth-order valence-corrected chi connectivity index (χ4v) is 0.765. The maximum Gasteiger partial charge on any atom is 0.125 e. The van der Waals surface area contributed by atoms with Crippen LogP contribution in [0.2, 0.25) is 0 Å². The minimum atomic E-state index is -0.271. The lowest BCUT2D eigenvalue weighted by Gasteiger charge is -1.94. The van der Waals surface area contributed by atoms with E-state index in [0.717, 1.165) is 11.5 Å². The first-order valence-corrected chi connectivity index (χ1v) is 4.44. The number of nitrogens with two attached hydrogens (primary N) is 1. The second-order valence-corrected chi connectivity index (χ2v) is 3.79. The number of halogens is 1. The highest BCUT2D eigenvalue weighted by molar-refractivity contribution is 5.40. The molecule has 1 rings (SSSR count). The number of aryl methyl sites for hydroxylation is 1. The van der Waals surface area contributed by atoms with Gasteiger partial charge in [-0.3, -0.25) is 0 Å². The lowest BCUT2D eigenvalue weighted by molar-refractivity contribution is 0.627. The Morgan fingerprint density at radius 1 is 1.15 bits per heavy atom. The Hall–Kier alpha value is -1.05. The van der Waals surface area contributed by atoms with Crippen molar-refractivity contribution in [1.82, 2.24) is 0 Å². The smallest absolute Gasteiger partial charge is 0.125 e. The summed E-state index contributed by atoms with van der Waals surface area (Å²) >= 11 is 0. The summed E-state index contributed by atoms with van der Waals surface area (Å²) in [5.41, 5.74) is 6.65. The standard InChI is InChI=1S/C7H8FN.C4H10/c1-5-2-6(8)4-7(9)3-5;1-4(2)3/h2-4H,9H2,1H3;4H,1-3H3. The summed E-state index contributed by atoms with van der Waals surface area (Å²) < 4.78 is 12.3. The number of hydrogen-bond donors (Lipinski definition) is 1. The summed E-state index contributed by atoms with van der Waals surface area (Å²) in [6.07, 6.45) is 0. The molecular formula is C11H18FN. The molecular weight excluding hydrogens is 165 g/mol. The average molecular weight is 183 g/mol. The largest absolute Gasteiger partial charge is 0.399 e. The molecule has 0 aromatic heterocycles. The van der Waals surface area contributed by atoms with Gasteiger partial charge in [0.2, 0.25) is 0 Å². The molecule has 1 aromatic rings. The zero-order valence-corrected chi connectivity index (χ0v) is 8.76. The Balaban J connectivity index is 0.000000310. The first kappa shape index (κ1) is 11.9. The molecule has 1 aromatic carbocycles. The molecule has 13 heavy (non-hydrogen) atoms. The van der Waals surface area contributed by atoms with Crippen LogP contribution in [0.3, 0.4) is 0 Å². The number of benzene rings is 1. The van der Waals surface area contributed by atoms with Crippen LogP contribution in [0, 0.1) is 18.7 Å². The molecule has 0 fully saturated rings.